The third kappa shape index (κ3) is 5.30. The number of amides is 2. The highest BCUT2D eigenvalue weighted by Gasteiger charge is 2.16. The summed E-state index contributed by atoms with van der Waals surface area (Å²) in [6.07, 6.45) is 1.60. The molecular weight excluding hydrogens is 356 g/mol. The molecule has 146 valence electrons. The first-order chi connectivity index (χ1) is 13.7. The molecule has 0 bridgehead atoms. The molecule has 1 heterocycles. The minimum Gasteiger partial charge on any atom is -0.497 e. The summed E-state index contributed by atoms with van der Waals surface area (Å²) in [6.45, 7) is 3.35. The van der Waals surface area contributed by atoms with Gasteiger partial charge in [0.2, 0.25) is 0 Å². The van der Waals surface area contributed by atoms with Gasteiger partial charge in [-0.1, -0.05) is 18.2 Å². The Bertz CT molecular complexity index is 876. The smallest absolute Gasteiger partial charge is 0.322 e. The number of methoxy groups -OCH3 is 1. The van der Waals surface area contributed by atoms with Crippen LogP contribution in [-0.4, -0.2) is 24.6 Å². The van der Waals surface area contributed by atoms with Gasteiger partial charge in [0.25, 0.3) is 0 Å². The van der Waals surface area contributed by atoms with E-state index in [1.165, 1.54) is 0 Å². The van der Waals surface area contributed by atoms with Crippen LogP contribution in [0.1, 0.15) is 18.2 Å². The minimum atomic E-state index is -0.224. The highest BCUT2D eigenvalue weighted by molar-refractivity contribution is 5.89. The third-order valence-electron chi connectivity index (χ3n) is 4.14. The standard InChI is InChI=1S/C22H24N2O4/c1-3-27-19-11-9-17(10-12-19)15-24(16-21-8-5-13-28-21)22(25)23-18-6-4-7-20(14-18)26-2/h4-14H,3,15-16H2,1-2H3,(H,23,25). The zero-order valence-electron chi connectivity index (χ0n) is 16.1. The van der Waals surface area contributed by atoms with Crippen molar-refractivity contribution in [2.24, 2.45) is 0 Å². The van der Waals surface area contributed by atoms with Gasteiger partial charge in [-0.15, -0.1) is 0 Å². The van der Waals surface area contributed by atoms with E-state index in [1.54, 1.807) is 24.3 Å². The Kier molecular flexibility index (Phi) is 6.57. The van der Waals surface area contributed by atoms with Crippen LogP contribution in [0.15, 0.2) is 71.3 Å². The second-order valence-corrected chi connectivity index (χ2v) is 6.17. The van der Waals surface area contributed by atoms with E-state index in [2.05, 4.69) is 5.32 Å². The maximum atomic E-state index is 12.9. The summed E-state index contributed by atoms with van der Waals surface area (Å²) in [4.78, 5) is 14.6. The van der Waals surface area contributed by atoms with Crippen molar-refractivity contribution in [1.82, 2.24) is 4.90 Å². The second kappa shape index (κ2) is 9.50. The van der Waals surface area contributed by atoms with Gasteiger partial charge < -0.3 is 24.1 Å². The lowest BCUT2D eigenvalue weighted by atomic mass is 10.2. The fourth-order valence-electron chi connectivity index (χ4n) is 2.77. The van der Waals surface area contributed by atoms with Gasteiger partial charge >= 0.3 is 6.03 Å². The number of furan rings is 1. The van der Waals surface area contributed by atoms with E-state index in [-0.39, 0.29) is 6.03 Å². The van der Waals surface area contributed by atoms with Crippen molar-refractivity contribution in [3.05, 3.63) is 78.3 Å². The fraction of sp³-hybridized carbons (Fsp3) is 0.227. The van der Waals surface area contributed by atoms with Crippen LogP contribution in [0.3, 0.4) is 0 Å². The Morgan fingerprint density at radius 2 is 1.86 bits per heavy atom. The van der Waals surface area contributed by atoms with Gasteiger partial charge in [0.1, 0.15) is 17.3 Å². The molecule has 2 amide bonds. The van der Waals surface area contributed by atoms with E-state index in [0.717, 1.165) is 11.3 Å². The van der Waals surface area contributed by atoms with Crippen LogP contribution in [-0.2, 0) is 13.1 Å². The van der Waals surface area contributed by atoms with E-state index < -0.39 is 0 Å². The molecule has 3 rings (SSSR count). The summed E-state index contributed by atoms with van der Waals surface area (Å²) >= 11 is 0. The lowest BCUT2D eigenvalue weighted by Crippen LogP contribution is -2.34. The molecule has 0 aliphatic rings. The molecule has 3 aromatic rings. The minimum absolute atomic E-state index is 0.224. The topological polar surface area (TPSA) is 63.9 Å². The van der Waals surface area contributed by atoms with Crippen LogP contribution in [0.25, 0.3) is 0 Å². The molecule has 0 aliphatic carbocycles. The largest absolute Gasteiger partial charge is 0.497 e. The molecule has 6 nitrogen and oxygen atoms in total. The molecule has 2 aromatic carbocycles. The number of anilines is 1. The Labute approximate surface area is 164 Å². The van der Waals surface area contributed by atoms with Crippen LogP contribution in [0, 0.1) is 0 Å². The molecule has 0 spiro atoms. The Morgan fingerprint density at radius 1 is 1.04 bits per heavy atom. The number of hydrogen-bond donors (Lipinski definition) is 1. The number of ether oxygens (including phenoxy) is 2. The molecule has 0 radical (unpaired) electrons. The zero-order chi connectivity index (χ0) is 19.8. The summed E-state index contributed by atoms with van der Waals surface area (Å²) in [5, 5.41) is 2.92. The van der Waals surface area contributed by atoms with Crippen LogP contribution in [0.4, 0.5) is 10.5 Å². The lowest BCUT2D eigenvalue weighted by Gasteiger charge is -2.22. The number of nitrogens with zero attached hydrogens (tertiary/aromatic N) is 1. The van der Waals surface area contributed by atoms with Crippen molar-refractivity contribution in [1.29, 1.82) is 0 Å². The van der Waals surface area contributed by atoms with Gasteiger partial charge in [0.05, 0.1) is 26.5 Å². The van der Waals surface area contributed by atoms with Gasteiger partial charge in [0.15, 0.2) is 0 Å². The summed E-state index contributed by atoms with van der Waals surface area (Å²) in [6, 6.07) is 18.4. The predicted octanol–water partition coefficient (Wildman–Crippen LogP) is 4.92. The van der Waals surface area contributed by atoms with Crippen molar-refractivity contribution in [3.63, 3.8) is 0 Å². The van der Waals surface area contributed by atoms with Gasteiger partial charge in [-0.25, -0.2) is 4.79 Å². The highest BCUT2D eigenvalue weighted by Crippen LogP contribution is 2.19. The van der Waals surface area contributed by atoms with Crippen molar-refractivity contribution >= 4 is 11.7 Å². The van der Waals surface area contributed by atoms with E-state index >= 15 is 0 Å². The number of rotatable bonds is 8. The van der Waals surface area contributed by atoms with E-state index in [0.29, 0.717) is 36.9 Å². The molecule has 1 N–H and O–H groups in total. The molecule has 1 aromatic heterocycles. The molecular formula is C22H24N2O4. The SMILES string of the molecule is CCOc1ccc(CN(Cc2ccco2)C(=O)Nc2cccc(OC)c2)cc1. The Balaban J connectivity index is 1.74. The molecule has 0 unspecified atom stereocenters. The number of carbonyl (C=O) groups is 1. The van der Waals surface area contributed by atoms with Crippen LogP contribution in [0.2, 0.25) is 0 Å². The summed E-state index contributed by atoms with van der Waals surface area (Å²) < 4.78 is 16.1. The molecule has 0 saturated carbocycles. The van der Waals surface area contributed by atoms with Crippen molar-refractivity contribution < 1.29 is 18.7 Å². The number of hydrogen-bond acceptors (Lipinski definition) is 4. The van der Waals surface area contributed by atoms with Crippen molar-refractivity contribution in [2.75, 3.05) is 19.0 Å². The molecule has 0 fully saturated rings. The maximum Gasteiger partial charge on any atom is 0.322 e. The van der Waals surface area contributed by atoms with Gasteiger partial charge in [0, 0.05) is 18.3 Å². The zero-order valence-corrected chi connectivity index (χ0v) is 16.1. The van der Waals surface area contributed by atoms with E-state index in [1.807, 2.05) is 61.5 Å². The summed E-state index contributed by atoms with van der Waals surface area (Å²) in [5.41, 5.74) is 1.66. The van der Waals surface area contributed by atoms with Crippen molar-refractivity contribution in [2.45, 2.75) is 20.0 Å². The number of carbonyl (C=O) groups excluding carboxylic acids is 1. The Hall–Kier alpha value is -3.41. The van der Waals surface area contributed by atoms with E-state index in [4.69, 9.17) is 13.9 Å². The molecule has 0 atom stereocenters. The third-order valence-corrected chi connectivity index (χ3v) is 4.14. The van der Waals surface area contributed by atoms with Crippen LogP contribution < -0.4 is 14.8 Å². The average molecular weight is 380 g/mol. The summed E-state index contributed by atoms with van der Waals surface area (Å²) in [7, 11) is 1.59. The first kappa shape index (κ1) is 19.4. The van der Waals surface area contributed by atoms with Gasteiger partial charge in [-0.05, 0) is 48.9 Å². The first-order valence-corrected chi connectivity index (χ1v) is 9.12. The average Bonchev–Trinajstić information content (AvgIpc) is 3.22. The predicted molar refractivity (Wildman–Crippen MR) is 108 cm³/mol. The first-order valence-electron chi connectivity index (χ1n) is 9.12. The quantitative estimate of drug-likeness (QED) is 0.602. The molecule has 6 heteroatoms. The monoisotopic (exact) mass is 380 g/mol. The normalized spacial score (nSPS) is 10.4. The summed E-state index contributed by atoms with van der Waals surface area (Å²) in [5.74, 6) is 2.21. The highest BCUT2D eigenvalue weighted by atomic mass is 16.5. The van der Waals surface area contributed by atoms with Crippen molar-refractivity contribution in [3.8, 4) is 11.5 Å². The molecule has 28 heavy (non-hydrogen) atoms. The lowest BCUT2D eigenvalue weighted by molar-refractivity contribution is 0.201. The molecule has 0 saturated heterocycles. The Morgan fingerprint density at radius 3 is 2.54 bits per heavy atom. The fourth-order valence-corrected chi connectivity index (χ4v) is 2.77. The van der Waals surface area contributed by atoms with E-state index in [9.17, 15) is 4.79 Å². The van der Waals surface area contributed by atoms with Gasteiger partial charge in [-0.3, -0.25) is 0 Å². The number of nitrogens with one attached hydrogen (secondary N) is 1. The van der Waals surface area contributed by atoms with Crippen LogP contribution >= 0.6 is 0 Å². The second-order valence-electron chi connectivity index (χ2n) is 6.17. The van der Waals surface area contributed by atoms with Gasteiger partial charge in [-0.2, -0.15) is 0 Å². The number of urea groups is 1. The van der Waals surface area contributed by atoms with Crippen LogP contribution in [0.5, 0.6) is 11.5 Å². The maximum absolute atomic E-state index is 12.9. The number of benzene rings is 2. The molecule has 0 aliphatic heterocycles.